The fraction of sp³-hybridized carbons (Fsp3) is 0.833. The average molecular weight is 524 g/mol. The smallest absolute Gasteiger partial charge is 0.194 e. The van der Waals surface area contributed by atoms with Gasteiger partial charge in [0.1, 0.15) is 0 Å². The van der Waals surface area contributed by atoms with E-state index in [1.165, 1.54) is 0 Å². The van der Waals surface area contributed by atoms with Gasteiger partial charge in [0, 0.05) is 0 Å². The maximum absolute atomic E-state index is 13.7. The van der Waals surface area contributed by atoms with E-state index >= 15 is 0 Å². The van der Waals surface area contributed by atoms with Gasteiger partial charge in [0.15, 0.2) is 0 Å². The Kier molecular flexibility index (Phi) is 4.73. The summed E-state index contributed by atoms with van der Waals surface area (Å²) in [5.41, 5.74) is -11.4. The standard InChI is InChI=1S/C12F20/c13-3(14)1(4(15,16)8(23,24)11(29,30)7(3,21)22)2-5(17,18)9(25,26)12(31,32)10(27,28)6(2,19)20. The molecule has 32 heavy (non-hydrogen) atoms. The Morgan fingerprint density at radius 2 is 0.344 bits per heavy atom. The van der Waals surface area contributed by atoms with Crippen LogP contribution >= 0.6 is 0 Å². The van der Waals surface area contributed by atoms with E-state index in [1.54, 1.807) is 0 Å². The van der Waals surface area contributed by atoms with Crippen LogP contribution in [0.4, 0.5) is 87.8 Å². The normalized spacial score (nSPS) is 34.1. The maximum Gasteiger partial charge on any atom is 0.385 e. The zero-order chi connectivity index (χ0) is 26.2. The lowest BCUT2D eigenvalue weighted by molar-refractivity contribution is -0.433. The Bertz CT molecular complexity index is 722. The molecule has 2 aliphatic carbocycles. The van der Waals surface area contributed by atoms with Crippen molar-refractivity contribution in [2.75, 3.05) is 0 Å². The molecule has 0 aromatic carbocycles. The molecular weight excluding hydrogens is 524 g/mol. The van der Waals surface area contributed by atoms with Crippen molar-refractivity contribution in [3.63, 3.8) is 0 Å². The number of halogens is 20. The minimum atomic E-state index is -8.11. The van der Waals surface area contributed by atoms with Crippen LogP contribution in [0.5, 0.6) is 0 Å². The molecule has 2 rings (SSSR count). The molecule has 20 heteroatoms. The van der Waals surface area contributed by atoms with Crippen LogP contribution in [0, 0.1) is 0 Å². The number of rotatable bonds is 0. The first-order valence-electron chi connectivity index (χ1n) is 7.03. The molecule has 0 radical (unpaired) electrons. The summed E-state index contributed by atoms with van der Waals surface area (Å²) >= 11 is 0. The highest BCUT2D eigenvalue weighted by Gasteiger charge is 2.99. The van der Waals surface area contributed by atoms with Crippen LogP contribution in [-0.4, -0.2) is 59.2 Å². The Morgan fingerprint density at radius 3 is 0.469 bits per heavy atom. The molecule has 2 aliphatic rings. The summed E-state index contributed by atoms with van der Waals surface area (Å²) in [4.78, 5) is 0. The molecular formula is C12F20. The first-order chi connectivity index (χ1) is 13.5. The third-order valence-corrected chi connectivity index (χ3v) is 4.66. The topological polar surface area (TPSA) is 0 Å². The quantitative estimate of drug-likeness (QED) is 0.246. The molecule has 0 amide bonds. The van der Waals surface area contributed by atoms with Crippen LogP contribution in [-0.2, 0) is 0 Å². The first-order valence-corrected chi connectivity index (χ1v) is 7.03. The van der Waals surface area contributed by atoms with E-state index in [9.17, 15) is 87.8 Å². The second-order valence-corrected chi connectivity index (χ2v) is 6.49. The third kappa shape index (κ3) is 2.19. The Balaban J connectivity index is 3.26. The van der Waals surface area contributed by atoms with Crippen molar-refractivity contribution in [3.8, 4) is 0 Å². The first kappa shape index (κ1) is 26.6. The van der Waals surface area contributed by atoms with Crippen molar-refractivity contribution in [2.45, 2.75) is 59.2 Å². The average Bonchev–Trinajstić information content (AvgIpc) is 2.55. The molecule has 0 aromatic rings. The van der Waals surface area contributed by atoms with Crippen molar-refractivity contribution in [2.24, 2.45) is 0 Å². The molecule has 0 aliphatic heterocycles. The van der Waals surface area contributed by atoms with Crippen molar-refractivity contribution in [1.82, 2.24) is 0 Å². The lowest BCUT2D eigenvalue weighted by Gasteiger charge is -2.51. The third-order valence-electron chi connectivity index (χ3n) is 4.66. The van der Waals surface area contributed by atoms with E-state index in [1.807, 2.05) is 0 Å². The lowest BCUT2D eigenvalue weighted by atomic mass is 9.69. The number of allylic oxidation sites excluding steroid dienone is 2. The minimum absolute atomic E-state index is 5.70. The van der Waals surface area contributed by atoms with Gasteiger partial charge in [-0.05, 0) is 0 Å². The Labute approximate surface area is 159 Å². The zero-order valence-electron chi connectivity index (χ0n) is 13.6. The summed E-state index contributed by atoms with van der Waals surface area (Å²) < 4.78 is 268. The zero-order valence-corrected chi connectivity index (χ0v) is 13.6. The van der Waals surface area contributed by atoms with Gasteiger partial charge in [0.2, 0.25) is 0 Å². The Morgan fingerprint density at radius 1 is 0.219 bits per heavy atom. The summed E-state index contributed by atoms with van der Waals surface area (Å²) in [6.45, 7) is 0. The van der Waals surface area contributed by atoms with Crippen molar-refractivity contribution < 1.29 is 87.8 Å². The van der Waals surface area contributed by atoms with E-state index in [2.05, 4.69) is 0 Å². The van der Waals surface area contributed by atoms with Crippen LogP contribution in [0.25, 0.3) is 0 Å². The largest absolute Gasteiger partial charge is 0.385 e. The van der Waals surface area contributed by atoms with Crippen LogP contribution in [0.2, 0.25) is 0 Å². The van der Waals surface area contributed by atoms with Crippen molar-refractivity contribution >= 4 is 0 Å². The lowest BCUT2D eigenvalue weighted by Crippen LogP contribution is -2.79. The van der Waals surface area contributed by atoms with Crippen LogP contribution in [0.1, 0.15) is 0 Å². The van der Waals surface area contributed by atoms with Gasteiger partial charge in [-0.15, -0.1) is 0 Å². The van der Waals surface area contributed by atoms with E-state index in [-0.39, 0.29) is 0 Å². The van der Waals surface area contributed by atoms with Crippen molar-refractivity contribution in [1.29, 1.82) is 0 Å². The van der Waals surface area contributed by atoms with Gasteiger partial charge in [-0.25, -0.2) is 0 Å². The number of hydrogen-bond donors (Lipinski definition) is 0. The van der Waals surface area contributed by atoms with Crippen molar-refractivity contribution in [3.05, 3.63) is 11.1 Å². The van der Waals surface area contributed by atoms with Crippen LogP contribution in [0.15, 0.2) is 11.1 Å². The van der Waals surface area contributed by atoms with E-state index < -0.39 is 70.4 Å². The van der Waals surface area contributed by atoms with E-state index in [4.69, 9.17) is 0 Å². The molecule has 2 saturated carbocycles. The van der Waals surface area contributed by atoms with Gasteiger partial charge >= 0.3 is 59.2 Å². The highest BCUT2D eigenvalue weighted by atomic mass is 19.4. The maximum atomic E-state index is 13.7. The second kappa shape index (κ2) is 5.69. The molecule has 0 aromatic heterocycles. The van der Waals surface area contributed by atoms with E-state index in [0.29, 0.717) is 0 Å². The summed E-state index contributed by atoms with van der Waals surface area (Å²) in [6.07, 6.45) is 0. The van der Waals surface area contributed by atoms with E-state index in [0.717, 1.165) is 0 Å². The summed E-state index contributed by atoms with van der Waals surface area (Å²) in [6, 6.07) is 0. The second-order valence-electron chi connectivity index (χ2n) is 6.49. The predicted molar refractivity (Wildman–Crippen MR) is 56.5 cm³/mol. The molecule has 0 spiro atoms. The fourth-order valence-electron chi connectivity index (χ4n) is 2.83. The molecule has 2 fully saturated rings. The number of alkyl halides is 20. The van der Waals surface area contributed by atoms with Crippen LogP contribution in [0.3, 0.4) is 0 Å². The fourth-order valence-corrected chi connectivity index (χ4v) is 2.83. The molecule has 0 heterocycles. The monoisotopic (exact) mass is 524 g/mol. The summed E-state index contributed by atoms with van der Waals surface area (Å²) in [5.74, 6) is -80.8. The molecule has 0 N–H and O–H groups in total. The molecule has 0 bridgehead atoms. The Hall–Kier alpha value is -1.66. The van der Waals surface area contributed by atoms with Gasteiger partial charge in [0.25, 0.3) is 0 Å². The summed E-state index contributed by atoms with van der Waals surface area (Å²) in [7, 11) is 0. The molecule has 188 valence electrons. The van der Waals surface area contributed by atoms with Gasteiger partial charge in [-0.2, -0.15) is 87.8 Å². The SMILES string of the molecule is FC1(F)C(=C2C(F)(F)C(F)(F)C(F)(F)C(F)(F)C2(F)F)C(F)(F)C(F)(F)C(F)(F)C1(F)F. The van der Waals surface area contributed by atoms with Gasteiger partial charge in [-0.3, -0.25) is 0 Å². The van der Waals surface area contributed by atoms with Gasteiger partial charge in [0.05, 0.1) is 11.1 Å². The summed E-state index contributed by atoms with van der Waals surface area (Å²) in [5, 5.41) is 0. The van der Waals surface area contributed by atoms with Gasteiger partial charge < -0.3 is 0 Å². The minimum Gasteiger partial charge on any atom is -0.194 e. The van der Waals surface area contributed by atoms with Gasteiger partial charge in [-0.1, -0.05) is 0 Å². The molecule has 0 unspecified atom stereocenters. The number of hydrogen-bond acceptors (Lipinski definition) is 0. The molecule has 0 saturated heterocycles. The molecule has 0 nitrogen and oxygen atoms in total. The highest BCUT2D eigenvalue weighted by molar-refractivity contribution is 5.49. The van der Waals surface area contributed by atoms with Crippen LogP contribution < -0.4 is 0 Å². The predicted octanol–water partition coefficient (Wildman–Crippen LogP) is 6.66. The molecule has 0 atom stereocenters. The highest BCUT2D eigenvalue weighted by Crippen LogP contribution is 2.73.